The van der Waals surface area contributed by atoms with Crippen molar-refractivity contribution in [3.8, 4) is 11.5 Å². The van der Waals surface area contributed by atoms with Gasteiger partial charge in [-0.05, 0) is 19.4 Å². The lowest BCUT2D eigenvalue weighted by molar-refractivity contribution is -0.127. The van der Waals surface area contributed by atoms with Crippen molar-refractivity contribution in [2.24, 2.45) is 0 Å². The van der Waals surface area contributed by atoms with Gasteiger partial charge in [-0.25, -0.2) is 0 Å². The molecule has 2 heterocycles. The summed E-state index contributed by atoms with van der Waals surface area (Å²) in [4.78, 5) is 14.4. The lowest BCUT2D eigenvalue weighted by Crippen LogP contribution is -2.30. The van der Waals surface area contributed by atoms with Gasteiger partial charge in [-0.15, -0.1) is 10.2 Å². The first-order chi connectivity index (χ1) is 12.1. The molecule has 1 aromatic heterocycles. The SMILES string of the molecule is COc1cccc(C2CCN(C(=O)CSc3nnc(C)s3)C2)c1OC. The van der Waals surface area contributed by atoms with Gasteiger partial charge in [-0.3, -0.25) is 4.79 Å². The number of benzene rings is 1. The number of carbonyl (C=O) groups is 1. The van der Waals surface area contributed by atoms with Crippen LogP contribution in [-0.2, 0) is 4.79 Å². The highest BCUT2D eigenvalue weighted by molar-refractivity contribution is 8.01. The number of hydrogen-bond acceptors (Lipinski definition) is 7. The molecular formula is C17H21N3O3S2. The minimum atomic E-state index is 0.141. The quantitative estimate of drug-likeness (QED) is 0.719. The molecule has 1 aliphatic heterocycles. The molecule has 1 atom stereocenters. The van der Waals surface area contributed by atoms with Crippen molar-refractivity contribution in [2.45, 2.75) is 23.6 Å². The molecule has 0 saturated carbocycles. The molecule has 3 rings (SSSR count). The fourth-order valence-electron chi connectivity index (χ4n) is 3.03. The van der Waals surface area contributed by atoms with Gasteiger partial charge in [-0.2, -0.15) is 0 Å². The van der Waals surface area contributed by atoms with E-state index in [0.29, 0.717) is 12.3 Å². The van der Waals surface area contributed by atoms with Crippen LogP contribution < -0.4 is 9.47 Å². The van der Waals surface area contributed by atoms with Crippen molar-refractivity contribution >= 4 is 29.0 Å². The van der Waals surface area contributed by atoms with E-state index in [1.807, 2.05) is 24.0 Å². The number of methoxy groups -OCH3 is 2. The van der Waals surface area contributed by atoms with Crippen LogP contribution in [0.25, 0.3) is 0 Å². The van der Waals surface area contributed by atoms with Gasteiger partial charge in [0.05, 0.1) is 20.0 Å². The fraction of sp³-hybridized carbons (Fsp3) is 0.471. The van der Waals surface area contributed by atoms with Gasteiger partial charge >= 0.3 is 0 Å². The van der Waals surface area contributed by atoms with E-state index in [1.165, 1.54) is 23.1 Å². The van der Waals surface area contributed by atoms with Crippen LogP contribution in [0.3, 0.4) is 0 Å². The normalized spacial score (nSPS) is 16.9. The van der Waals surface area contributed by atoms with Crippen molar-refractivity contribution in [1.29, 1.82) is 0 Å². The van der Waals surface area contributed by atoms with Gasteiger partial charge in [0.2, 0.25) is 5.91 Å². The number of likely N-dealkylation sites (tertiary alicyclic amines) is 1. The molecule has 1 saturated heterocycles. The van der Waals surface area contributed by atoms with E-state index in [4.69, 9.17) is 9.47 Å². The summed E-state index contributed by atoms with van der Waals surface area (Å²) in [5.74, 6) is 2.30. The molecule has 6 nitrogen and oxygen atoms in total. The standard InChI is InChI=1S/C17H21N3O3S2/c1-11-18-19-17(25-11)24-10-15(21)20-8-7-12(9-20)13-5-4-6-14(22-2)16(13)23-3/h4-6,12H,7-10H2,1-3H3. The van der Waals surface area contributed by atoms with Crippen LogP contribution in [0.15, 0.2) is 22.5 Å². The molecule has 0 aliphatic carbocycles. The molecule has 0 bridgehead atoms. The Morgan fingerprint density at radius 1 is 1.36 bits per heavy atom. The number of para-hydroxylation sites is 1. The van der Waals surface area contributed by atoms with Crippen LogP contribution in [-0.4, -0.2) is 54.1 Å². The monoisotopic (exact) mass is 379 g/mol. The van der Waals surface area contributed by atoms with Crippen LogP contribution in [0.2, 0.25) is 0 Å². The average Bonchev–Trinajstić information content (AvgIpc) is 3.28. The second-order valence-electron chi connectivity index (χ2n) is 5.78. The van der Waals surface area contributed by atoms with Gasteiger partial charge in [0.25, 0.3) is 0 Å². The van der Waals surface area contributed by atoms with Crippen LogP contribution >= 0.6 is 23.1 Å². The molecule has 1 fully saturated rings. The summed E-state index contributed by atoms with van der Waals surface area (Å²) in [6, 6.07) is 5.91. The molecule has 0 N–H and O–H groups in total. The molecule has 1 aliphatic rings. The third-order valence-corrected chi connectivity index (χ3v) is 6.20. The summed E-state index contributed by atoms with van der Waals surface area (Å²) in [7, 11) is 3.29. The minimum Gasteiger partial charge on any atom is -0.493 e. The molecule has 1 unspecified atom stereocenters. The Morgan fingerprint density at radius 3 is 2.88 bits per heavy atom. The predicted octanol–water partition coefficient (Wildman–Crippen LogP) is 2.97. The Morgan fingerprint density at radius 2 is 2.20 bits per heavy atom. The second-order valence-corrected chi connectivity index (χ2v) is 8.19. The highest BCUT2D eigenvalue weighted by Gasteiger charge is 2.30. The van der Waals surface area contributed by atoms with Gasteiger partial charge in [-0.1, -0.05) is 35.2 Å². The van der Waals surface area contributed by atoms with Gasteiger partial charge in [0, 0.05) is 24.6 Å². The third-order valence-electron chi connectivity index (χ3n) is 4.24. The van der Waals surface area contributed by atoms with Crippen LogP contribution in [0.5, 0.6) is 11.5 Å². The second kappa shape index (κ2) is 8.05. The average molecular weight is 380 g/mol. The highest BCUT2D eigenvalue weighted by atomic mass is 32.2. The van der Waals surface area contributed by atoms with E-state index >= 15 is 0 Å². The van der Waals surface area contributed by atoms with Crippen LogP contribution in [0.4, 0.5) is 0 Å². The number of rotatable bonds is 6. The third kappa shape index (κ3) is 4.07. The molecule has 0 radical (unpaired) electrons. The molecule has 134 valence electrons. The van der Waals surface area contributed by atoms with E-state index in [2.05, 4.69) is 16.3 Å². The van der Waals surface area contributed by atoms with Crippen molar-refractivity contribution in [3.05, 3.63) is 28.8 Å². The van der Waals surface area contributed by atoms with E-state index < -0.39 is 0 Å². The Bertz CT molecular complexity index is 750. The Balaban J connectivity index is 1.62. The molecule has 8 heteroatoms. The van der Waals surface area contributed by atoms with Gasteiger partial charge < -0.3 is 14.4 Å². The number of nitrogens with zero attached hydrogens (tertiary/aromatic N) is 3. The number of hydrogen-bond donors (Lipinski definition) is 0. The van der Waals surface area contributed by atoms with E-state index in [1.54, 1.807) is 14.2 Å². The van der Waals surface area contributed by atoms with Gasteiger partial charge in [0.15, 0.2) is 15.8 Å². The molecule has 25 heavy (non-hydrogen) atoms. The number of ether oxygens (including phenoxy) is 2. The topological polar surface area (TPSA) is 64.5 Å². The number of aromatic nitrogens is 2. The summed E-state index contributed by atoms with van der Waals surface area (Å²) in [6.07, 6.45) is 0.928. The Labute approximate surface area is 155 Å². The Hall–Kier alpha value is -1.80. The fourth-order valence-corrected chi connectivity index (χ4v) is 4.74. The molecule has 2 aromatic rings. The molecule has 1 aromatic carbocycles. The molecular weight excluding hydrogens is 358 g/mol. The van der Waals surface area contributed by atoms with E-state index in [0.717, 1.165) is 39.4 Å². The van der Waals surface area contributed by atoms with Crippen LogP contribution in [0.1, 0.15) is 22.9 Å². The maximum atomic E-state index is 12.5. The van der Waals surface area contributed by atoms with Crippen LogP contribution in [0, 0.1) is 6.92 Å². The lowest BCUT2D eigenvalue weighted by Gasteiger charge is -2.18. The molecule has 1 amide bonds. The largest absolute Gasteiger partial charge is 0.493 e. The lowest BCUT2D eigenvalue weighted by atomic mass is 9.97. The summed E-state index contributed by atoms with van der Waals surface area (Å²) >= 11 is 2.97. The zero-order valence-electron chi connectivity index (χ0n) is 14.5. The predicted molar refractivity (Wildman–Crippen MR) is 98.9 cm³/mol. The zero-order valence-corrected chi connectivity index (χ0v) is 16.2. The summed E-state index contributed by atoms with van der Waals surface area (Å²) in [5, 5.41) is 8.94. The maximum Gasteiger partial charge on any atom is 0.233 e. The molecule has 0 spiro atoms. The minimum absolute atomic E-state index is 0.141. The Kier molecular flexibility index (Phi) is 5.80. The number of amides is 1. The highest BCUT2D eigenvalue weighted by Crippen LogP contribution is 2.39. The van der Waals surface area contributed by atoms with Crippen molar-refractivity contribution in [3.63, 3.8) is 0 Å². The van der Waals surface area contributed by atoms with Crippen molar-refractivity contribution in [2.75, 3.05) is 33.1 Å². The number of thioether (sulfide) groups is 1. The first-order valence-corrected chi connectivity index (χ1v) is 9.84. The first-order valence-electron chi connectivity index (χ1n) is 8.04. The smallest absolute Gasteiger partial charge is 0.233 e. The number of carbonyl (C=O) groups excluding carboxylic acids is 1. The van der Waals surface area contributed by atoms with E-state index in [9.17, 15) is 4.79 Å². The zero-order chi connectivity index (χ0) is 17.8. The van der Waals surface area contributed by atoms with Gasteiger partial charge in [0.1, 0.15) is 5.01 Å². The van der Waals surface area contributed by atoms with Crippen molar-refractivity contribution in [1.82, 2.24) is 15.1 Å². The maximum absolute atomic E-state index is 12.5. The van der Waals surface area contributed by atoms with Crippen molar-refractivity contribution < 1.29 is 14.3 Å². The summed E-state index contributed by atoms with van der Waals surface area (Å²) in [6.45, 7) is 3.38. The number of aryl methyl sites for hydroxylation is 1. The summed E-state index contributed by atoms with van der Waals surface area (Å²) in [5.41, 5.74) is 1.10. The summed E-state index contributed by atoms with van der Waals surface area (Å²) < 4.78 is 11.8. The first kappa shape index (κ1) is 18.0. The van der Waals surface area contributed by atoms with E-state index in [-0.39, 0.29) is 11.8 Å².